The third kappa shape index (κ3) is 2.09. The quantitative estimate of drug-likeness (QED) is 0.742. The van der Waals surface area contributed by atoms with Crippen LogP contribution >= 0.6 is 15.9 Å². The summed E-state index contributed by atoms with van der Waals surface area (Å²) in [6, 6.07) is 0. The van der Waals surface area contributed by atoms with Crippen LogP contribution in [0.2, 0.25) is 0 Å². The molecule has 1 aliphatic heterocycles. The van der Waals surface area contributed by atoms with Gasteiger partial charge < -0.3 is 14.6 Å². The lowest BCUT2D eigenvalue weighted by atomic mass is 10.5. The lowest BCUT2D eigenvalue weighted by Crippen LogP contribution is -2.33. The van der Waals surface area contributed by atoms with E-state index in [1.165, 1.54) is 10.8 Å². The predicted molar refractivity (Wildman–Crippen MR) is 56.0 cm³/mol. The SMILES string of the molecule is O=c1[nH]c(=O)n([C@H]2CO[C@H](CO)O2)cc1Br. The first-order valence-electron chi connectivity index (χ1n) is 4.50. The van der Waals surface area contributed by atoms with Crippen molar-refractivity contribution in [2.45, 2.75) is 12.5 Å². The van der Waals surface area contributed by atoms with Gasteiger partial charge in [-0.1, -0.05) is 0 Å². The van der Waals surface area contributed by atoms with Crippen LogP contribution in [0.15, 0.2) is 20.3 Å². The molecular weight excluding hydrogens is 284 g/mol. The summed E-state index contributed by atoms with van der Waals surface area (Å²) in [5, 5.41) is 8.79. The number of aromatic amines is 1. The molecule has 0 radical (unpaired) electrons. The number of aromatic nitrogens is 2. The summed E-state index contributed by atoms with van der Waals surface area (Å²) in [5.41, 5.74) is -1.08. The summed E-state index contributed by atoms with van der Waals surface area (Å²) in [4.78, 5) is 24.7. The highest BCUT2D eigenvalue weighted by molar-refractivity contribution is 9.10. The van der Waals surface area contributed by atoms with Crippen LogP contribution in [0.5, 0.6) is 0 Å². The number of aliphatic hydroxyl groups is 1. The van der Waals surface area contributed by atoms with Gasteiger partial charge in [0, 0.05) is 6.20 Å². The van der Waals surface area contributed by atoms with Crippen molar-refractivity contribution in [2.24, 2.45) is 0 Å². The fourth-order valence-electron chi connectivity index (χ4n) is 1.36. The van der Waals surface area contributed by atoms with Crippen LogP contribution in [0.25, 0.3) is 0 Å². The molecule has 1 saturated heterocycles. The van der Waals surface area contributed by atoms with Gasteiger partial charge in [0.15, 0.2) is 12.5 Å². The van der Waals surface area contributed by atoms with E-state index in [1.54, 1.807) is 0 Å². The molecule has 8 heteroatoms. The number of aliphatic hydroxyl groups excluding tert-OH is 1. The fourth-order valence-corrected chi connectivity index (χ4v) is 1.68. The molecule has 88 valence electrons. The maximum absolute atomic E-state index is 11.5. The maximum Gasteiger partial charge on any atom is 0.330 e. The van der Waals surface area contributed by atoms with E-state index in [4.69, 9.17) is 14.6 Å². The Morgan fingerprint density at radius 1 is 1.62 bits per heavy atom. The Morgan fingerprint density at radius 2 is 2.38 bits per heavy atom. The summed E-state index contributed by atoms with van der Waals surface area (Å²) in [6.45, 7) is -0.139. The van der Waals surface area contributed by atoms with Gasteiger partial charge in [0.05, 0.1) is 17.7 Å². The molecule has 16 heavy (non-hydrogen) atoms. The van der Waals surface area contributed by atoms with Crippen LogP contribution in [0.3, 0.4) is 0 Å². The van der Waals surface area contributed by atoms with E-state index in [0.717, 1.165) is 0 Å². The Balaban J connectivity index is 2.32. The molecule has 1 aromatic rings. The third-order valence-corrected chi connectivity index (χ3v) is 2.68. The molecule has 0 saturated carbocycles. The summed E-state index contributed by atoms with van der Waals surface area (Å²) in [6.07, 6.45) is -0.0463. The zero-order chi connectivity index (χ0) is 11.7. The van der Waals surface area contributed by atoms with E-state index in [2.05, 4.69) is 20.9 Å². The van der Waals surface area contributed by atoms with Gasteiger partial charge in [0.25, 0.3) is 5.56 Å². The van der Waals surface area contributed by atoms with Gasteiger partial charge in [0.2, 0.25) is 0 Å². The first kappa shape index (κ1) is 11.5. The molecule has 2 N–H and O–H groups in total. The average molecular weight is 293 g/mol. The minimum absolute atomic E-state index is 0.142. The number of nitrogens with zero attached hydrogens (tertiary/aromatic N) is 1. The predicted octanol–water partition coefficient (Wildman–Crippen LogP) is -0.837. The Morgan fingerprint density at radius 3 is 3.00 bits per heavy atom. The van der Waals surface area contributed by atoms with Crippen molar-refractivity contribution in [1.29, 1.82) is 0 Å². The summed E-state index contributed by atoms with van der Waals surface area (Å²) in [5.74, 6) is 0. The second-order valence-corrected chi connectivity index (χ2v) is 4.03. The van der Waals surface area contributed by atoms with Crippen LogP contribution in [0, 0.1) is 0 Å². The minimum Gasteiger partial charge on any atom is -0.391 e. The topological polar surface area (TPSA) is 93.6 Å². The second-order valence-electron chi connectivity index (χ2n) is 3.18. The zero-order valence-electron chi connectivity index (χ0n) is 8.05. The number of hydrogen-bond donors (Lipinski definition) is 2. The van der Waals surface area contributed by atoms with E-state index in [-0.39, 0.29) is 17.7 Å². The number of nitrogens with one attached hydrogen (secondary N) is 1. The van der Waals surface area contributed by atoms with Crippen molar-refractivity contribution in [1.82, 2.24) is 9.55 Å². The molecule has 0 spiro atoms. The van der Waals surface area contributed by atoms with Crippen LogP contribution in [-0.2, 0) is 9.47 Å². The van der Waals surface area contributed by atoms with Crippen molar-refractivity contribution in [3.05, 3.63) is 31.5 Å². The largest absolute Gasteiger partial charge is 0.391 e. The van der Waals surface area contributed by atoms with Gasteiger partial charge >= 0.3 is 5.69 Å². The fraction of sp³-hybridized carbons (Fsp3) is 0.500. The standard InChI is InChI=1S/C8H9BrN2O5/c9-4-1-11(8(14)10-7(4)13)5-3-15-6(2-12)16-5/h1,5-6,12H,2-3H2,(H,10,13,14)/t5-,6+/m1/s1. The van der Waals surface area contributed by atoms with E-state index in [0.29, 0.717) is 0 Å². The first-order valence-corrected chi connectivity index (χ1v) is 5.30. The molecule has 1 aliphatic rings. The molecule has 2 heterocycles. The van der Waals surface area contributed by atoms with Crippen molar-refractivity contribution in [3.63, 3.8) is 0 Å². The number of hydrogen-bond acceptors (Lipinski definition) is 5. The molecule has 1 aromatic heterocycles. The normalized spacial score (nSPS) is 24.9. The lowest BCUT2D eigenvalue weighted by molar-refractivity contribution is -0.0993. The molecule has 1 fully saturated rings. The monoisotopic (exact) mass is 292 g/mol. The first-order chi connectivity index (χ1) is 7.61. The van der Waals surface area contributed by atoms with Crippen LogP contribution < -0.4 is 11.2 Å². The van der Waals surface area contributed by atoms with Gasteiger partial charge in [0.1, 0.15) is 0 Å². The maximum atomic E-state index is 11.5. The summed E-state index contributed by atoms with van der Waals surface area (Å²) in [7, 11) is 0. The molecule has 0 aliphatic carbocycles. The Kier molecular flexibility index (Phi) is 3.24. The molecular formula is C8H9BrN2O5. The average Bonchev–Trinajstić information content (AvgIpc) is 2.71. The van der Waals surface area contributed by atoms with E-state index in [1.807, 2.05) is 0 Å². The molecule has 0 unspecified atom stereocenters. The van der Waals surface area contributed by atoms with Crippen molar-refractivity contribution >= 4 is 15.9 Å². The third-order valence-electron chi connectivity index (χ3n) is 2.12. The minimum atomic E-state index is -0.734. The van der Waals surface area contributed by atoms with Gasteiger partial charge in [-0.15, -0.1) is 0 Å². The zero-order valence-corrected chi connectivity index (χ0v) is 9.64. The van der Waals surface area contributed by atoms with Gasteiger partial charge in [-0.2, -0.15) is 0 Å². The summed E-state index contributed by atoms with van der Waals surface area (Å²) >= 11 is 3.01. The Hall–Kier alpha value is -0.960. The van der Waals surface area contributed by atoms with Crippen LogP contribution in [0.1, 0.15) is 6.23 Å². The van der Waals surface area contributed by atoms with E-state index in [9.17, 15) is 9.59 Å². The molecule has 7 nitrogen and oxygen atoms in total. The Bertz CT molecular complexity index is 496. The van der Waals surface area contributed by atoms with E-state index >= 15 is 0 Å². The molecule has 2 rings (SSSR count). The lowest BCUT2D eigenvalue weighted by Gasteiger charge is -2.12. The molecule has 0 bridgehead atoms. The number of H-pyrrole nitrogens is 1. The molecule has 0 aromatic carbocycles. The van der Waals surface area contributed by atoms with Gasteiger partial charge in [-0.3, -0.25) is 14.3 Å². The highest BCUT2D eigenvalue weighted by Gasteiger charge is 2.27. The van der Waals surface area contributed by atoms with E-state index < -0.39 is 23.8 Å². The molecule has 0 amide bonds. The Labute approximate surface area is 97.7 Å². The van der Waals surface area contributed by atoms with Gasteiger partial charge in [-0.05, 0) is 15.9 Å². The number of halogens is 1. The summed E-state index contributed by atoms with van der Waals surface area (Å²) < 4.78 is 11.7. The van der Waals surface area contributed by atoms with Crippen molar-refractivity contribution < 1.29 is 14.6 Å². The highest BCUT2D eigenvalue weighted by Crippen LogP contribution is 2.19. The van der Waals surface area contributed by atoms with Crippen LogP contribution in [-0.4, -0.2) is 34.2 Å². The van der Waals surface area contributed by atoms with Crippen molar-refractivity contribution in [2.75, 3.05) is 13.2 Å². The molecule has 2 atom stereocenters. The highest BCUT2D eigenvalue weighted by atomic mass is 79.9. The smallest absolute Gasteiger partial charge is 0.330 e. The number of rotatable bonds is 2. The van der Waals surface area contributed by atoms with Crippen LogP contribution in [0.4, 0.5) is 0 Å². The van der Waals surface area contributed by atoms with Crippen molar-refractivity contribution in [3.8, 4) is 0 Å². The number of ether oxygens (including phenoxy) is 2. The van der Waals surface area contributed by atoms with Gasteiger partial charge in [-0.25, -0.2) is 4.79 Å². The second kappa shape index (κ2) is 4.50.